The lowest BCUT2D eigenvalue weighted by Crippen LogP contribution is -2.28. The van der Waals surface area contributed by atoms with E-state index in [0.29, 0.717) is 0 Å². The Hall–Kier alpha value is -3.17. The van der Waals surface area contributed by atoms with Crippen LogP contribution in [0.4, 0.5) is 19.0 Å². The predicted octanol–water partition coefficient (Wildman–Crippen LogP) is 2.41. The zero-order valence-electron chi connectivity index (χ0n) is 13.9. The van der Waals surface area contributed by atoms with Gasteiger partial charge in [-0.25, -0.2) is 14.8 Å². The first kappa shape index (κ1) is 18.6. The lowest BCUT2D eigenvalue weighted by molar-refractivity contribution is -0.139. The van der Waals surface area contributed by atoms with Crippen LogP contribution in [0.2, 0.25) is 0 Å². The van der Waals surface area contributed by atoms with Gasteiger partial charge >= 0.3 is 12.1 Å². The zero-order valence-corrected chi connectivity index (χ0v) is 13.9. The normalized spacial score (nSPS) is 17.2. The maximum Gasteiger partial charge on any atom is 0.416 e. The van der Waals surface area contributed by atoms with Gasteiger partial charge in [0.15, 0.2) is 5.69 Å². The minimum atomic E-state index is -4.49. The fourth-order valence-electron chi connectivity index (χ4n) is 2.88. The number of carbonyl (C=O) groups excluding carboxylic acids is 1. The van der Waals surface area contributed by atoms with Crippen molar-refractivity contribution in [2.75, 3.05) is 11.9 Å². The minimum absolute atomic E-state index is 0.0320. The van der Waals surface area contributed by atoms with Crippen molar-refractivity contribution in [1.82, 2.24) is 14.9 Å². The number of halogens is 3. The van der Waals surface area contributed by atoms with Gasteiger partial charge in [-0.1, -0.05) is 18.2 Å². The number of carboxylic acids is 1. The summed E-state index contributed by atoms with van der Waals surface area (Å²) in [6, 6.07) is 4.79. The number of benzene rings is 1. The molecule has 10 heteroatoms. The largest absolute Gasteiger partial charge is 0.476 e. The number of hydrogen-bond acceptors (Lipinski definition) is 5. The van der Waals surface area contributed by atoms with Gasteiger partial charge in [0.1, 0.15) is 5.82 Å². The molecule has 1 saturated heterocycles. The van der Waals surface area contributed by atoms with Crippen LogP contribution in [0, 0.1) is 0 Å². The number of amides is 1. The molecule has 1 aliphatic rings. The Balaban J connectivity index is 1.67. The van der Waals surface area contributed by atoms with Crippen molar-refractivity contribution in [1.29, 1.82) is 0 Å². The number of carbonyl (C=O) groups is 2. The van der Waals surface area contributed by atoms with Crippen LogP contribution in [0.5, 0.6) is 0 Å². The average molecular weight is 380 g/mol. The highest BCUT2D eigenvalue weighted by Crippen LogP contribution is 2.33. The SMILES string of the molecule is O=C(O)c1cnc(NC2CC(=O)N(Cc3ccccc3C(F)(F)F)C2)cn1. The van der Waals surface area contributed by atoms with Gasteiger partial charge in [-0.2, -0.15) is 13.2 Å². The van der Waals surface area contributed by atoms with Crippen molar-refractivity contribution in [3.63, 3.8) is 0 Å². The molecule has 142 valence electrons. The van der Waals surface area contributed by atoms with Crippen LogP contribution in [-0.2, 0) is 17.5 Å². The average Bonchev–Trinajstić information content (AvgIpc) is 2.94. The van der Waals surface area contributed by atoms with Crippen molar-refractivity contribution in [3.05, 3.63) is 53.5 Å². The van der Waals surface area contributed by atoms with Crippen LogP contribution in [-0.4, -0.2) is 44.4 Å². The smallest absolute Gasteiger partial charge is 0.416 e. The Bertz CT molecular complexity index is 855. The Kier molecular flexibility index (Phi) is 4.98. The van der Waals surface area contributed by atoms with Crippen molar-refractivity contribution in [2.24, 2.45) is 0 Å². The lowest BCUT2D eigenvalue weighted by Gasteiger charge is -2.20. The molecule has 2 N–H and O–H groups in total. The molecular formula is C17H15F3N4O3. The number of aromatic carboxylic acids is 1. The number of carboxylic acid groups (broad SMARTS) is 1. The standard InChI is InChI=1S/C17H15F3N4O3/c18-17(19,20)12-4-2-1-3-10(12)8-24-9-11(5-15(24)25)23-14-7-21-13(6-22-14)16(26)27/h1-4,6-7,11H,5,8-9H2,(H,22,23)(H,26,27). The van der Waals surface area contributed by atoms with Crippen LogP contribution in [0.1, 0.15) is 28.0 Å². The number of aromatic nitrogens is 2. The molecule has 27 heavy (non-hydrogen) atoms. The van der Waals surface area contributed by atoms with E-state index in [1.54, 1.807) is 0 Å². The van der Waals surface area contributed by atoms with Gasteiger partial charge < -0.3 is 15.3 Å². The van der Waals surface area contributed by atoms with Gasteiger partial charge in [0, 0.05) is 19.5 Å². The molecule has 1 aromatic heterocycles. The lowest BCUT2D eigenvalue weighted by atomic mass is 10.1. The molecular weight excluding hydrogens is 365 g/mol. The Morgan fingerprint density at radius 3 is 2.63 bits per heavy atom. The predicted molar refractivity (Wildman–Crippen MR) is 87.9 cm³/mol. The molecule has 1 amide bonds. The van der Waals surface area contributed by atoms with E-state index >= 15 is 0 Å². The summed E-state index contributed by atoms with van der Waals surface area (Å²) in [4.78, 5) is 31.9. The van der Waals surface area contributed by atoms with Crippen molar-refractivity contribution >= 4 is 17.7 Å². The summed E-state index contributed by atoms with van der Waals surface area (Å²) in [6.45, 7) is 0.0592. The quantitative estimate of drug-likeness (QED) is 0.827. The molecule has 0 aliphatic carbocycles. The minimum Gasteiger partial charge on any atom is -0.476 e. The van der Waals surface area contributed by atoms with Crippen molar-refractivity contribution in [2.45, 2.75) is 25.2 Å². The summed E-state index contributed by atoms with van der Waals surface area (Å²) in [6.07, 6.45) is -2.08. The molecule has 0 spiro atoms. The van der Waals surface area contributed by atoms with E-state index in [4.69, 9.17) is 5.11 Å². The number of hydrogen-bond donors (Lipinski definition) is 2. The number of anilines is 1. The molecule has 2 aromatic rings. The number of alkyl halides is 3. The summed E-state index contributed by atoms with van der Waals surface area (Å²) in [5, 5.41) is 11.7. The first-order valence-electron chi connectivity index (χ1n) is 7.99. The molecule has 0 radical (unpaired) electrons. The highest BCUT2D eigenvalue weighted by atomic mass is 19.4. The summed E-state index contributed by atoms with van der Waals surface area (Å²) < 4.78 is 39.3. The molecule has 1 atom stereocenters. The van der Waals surface area contributed by atoms with Gasteiger partial charge in [-0.3, -0.25) is 4.79 Å². The summed E-state index contributed by atoms with van der Waals surface area (Å²) in [5.41, 5.74) is -0.942. The van der Waals surface area contributed by atoms with E-state index in [1.165, 1.54) is 29.3 Å². The molecule has 1 aliphatic heterocycles. The number of nitrogens with one attached hydrogen (secondary N) is 1. The van der Waals surface area contributed by atoms with Crippen LogP contribution >= 0.6 is 0 Å². The molecule has 1 fully saturated rings. The van der Waals surface area contributed by atoms with Crippen LogP contribution in [0.25, 0.3) is 0 Å². The molecule has 0 saturated carbocycles. The number of likely N-dealkylation sites (tertiary alicyclic amines) is 1. The van der Waals surface area contributed by atoms with Crippen LogP contribution in [0.3, 0.4) is 0 Å². The van der Waals surface area contributed by atoms with Gasteiger partial charge in [0.25, 0.3) is 0 Å². The molecule has 7 nitrogen and oxygen atoms in total. The number of rotatable bonds is 5. The molecule has 3 rings (SSSR count). The molecule has 0 bridgehead atoms. The zero-order chi connectivity index (χ0) is 19.6. The van der Waals surface area contributed by atoms with E-state index in [9.17, 15) is 22.8 Å². The van der Waals surface area contributed by atoms with E-state index < -0.39 is 17.7 Å². The fraction of sp³-hybridized carbons (Fsp3) is 0.294. The Labute approximate surface area is 151 Å². The first-order valence-corrected chi connectivity index (χ1v) is 7.99. The summed E-state index contributed by atoms with van der Waals surface area (Å²) >= 11 is 0. The van der Waals surface area contributed by atoms with E-state index in [2.05, 4.69) is 15.3 Å². The van der Waals surface area contributed by atoms with E-state index in [0.717, 1.165) is 12.3 Å². The highest BCUT2D eigenvalue weighted by molar-refractivity contribution is 5.85. The maximum absolute atomic E-state index is 13.1. The second kappa shape index (κ2) is 7.22. The van der Waals surface area contributed by atoms with Crippen molar-refractivity contribution < 1.29 is 27.9 Å². The third-order valence-corrected chi connectivity index (χ3v) is 4.12. The second-order valence-electron chi connectivity index (χ2n) is 6.07. The third-order valence-electron chi connectivity index (χ3n) is 4.12. The molecule has 2 heterocycles. The van der Waals surface area contributed by atoms with Gasteiger partial charge in [0.05, 0.1) is 24.0 Å². The second-order valence-corrected chi connectivity index (χ2v) is 6.07. The van der Waals surface area contributed by atoms with Gasteiger partial charge in [0.2, 0.25) is 5.91 Å². The third kappa shape index (κ3) is 4.33. The fourth-order valence-corrected chi connectivity index (χ4v) is 2.88. The first-order chi connectivity index (χ1) is 12.7. The molecule has 1 unspecified atom stereocenters. The Morgan fingerprint density at radius 1 is 1.26 bits per heavy atom. The van der Waals surface area contributed by atoms with Crippen LogP contribution < -0.4 is 5.32 Å². The summed E-state index contributed by atoms with van der Waals surface area (Å²) in [7, 11) is 0. The maximum atomic E-state index is 13.1. The highest BCUT2D eigenvalue weighted by Gasteiger charge is 2.35. The summed E-state index contributed by atoms with van der Waals surface area (Å²) in [5.74, 6) is -1.20. The van der Waals surface area contributed by atoms with Gasteiger partial charge in [-0.15, -0.1) is 0 Å². The topological polar surface area (TPSA) is 95.4 Å². The van der Waals surface area contributed by atoms with E-state index in [-0.39, 0.29) is 48.5 Å². The van der Waals surface area contributed by atoms with Crippen molar-refractivity contribution in [3.8, 4) is 0 Å². The monoisotopic (exact) mass is 380 g/mol. The molecule has 1 aromatic carbocycles. The number of nitrogens with zero attached hydrogens (tertiary/aromatic N) is 3. The van der Waals surface area contributed by atoms with Gasteiger partial charge in [-0.05, 0) is 11.6 Å². The van der Waals surface area contributed by atoms with Crippen LogP contribution in [0.15, 0.2) is 36.7 Å². The van der Waals surface area contributed by atoms with E-state index in [1.807, 2.05) is 0 Å². The Morgan fingerprint density at radius 2 is 2.00 bits per heavy atom.